The van der Waals surface area contributed by atoms with E-state index in [-0.39, 0.29) is 5.82 Å². The van der Waals surface area contributed by atoms with E-state index in [0.29, 0.717) is 0 Å². The minimum Gasteiger partial charge on any atom is -0.370 e. The molecular formula is C8H8F3N3S. The van der Waals surface area contributed by atoms with Gasteiger partial charge in [-0.25, -0.2) is 4.98 Å². The van der Waals surface area contributed by atoms with E-state index >= 15 is 0 Å². The molecule has 1 aliphatic rings. The van der Waals surface area contributed by atoms with Crippen LogP contribution in [0.3, 0.4) is 0 Å². The molecule has 3 nitrogen and oxygen atoms in total. The van der Waals surface area contributed by atoms with Gasteiger partial charge in [0, 0.05) is 6.20 Å². The van der Waals surface area contributed by atoms with Crippen molar-refractivity contribution >= 4 is 11.8 Å². The summed E-state index contributed by atoms with van der Waals surface area (Å²) in [5, 5.41) is 4.71. The highest BCUT2D eigenvalue weighted by atomic mass is 32.2. The maximum absolute atomic E-state index is 12.3. The SMILES string of the molecule is CC1(c2ncc(C(F)(F)F)[nH]2)NC=CS1. The molecule has 0 amide bonds. The number of alkyl halides is 3. The molecule has 0 fully saturated rings. The Morgan fingerprint density at radius 1 is 1.47 bits per heavy atom. The maximum atomic E-state index is 12.3. The second-order valence-corrected chi connectivity index (χ2v) is 4.57. The normalized spacial score (nSPS) is 25.6. The van der Waals surface area contributed by atoms with E-state index in [1.54, 1.807) is 18.5 Å². The molecule has 2 N–H and O–H groups in total. The lowest BCUT2D eigenvalue weighted by atomic mass is 10.3. The fourth-order valence-corrected chi connectivity index (χ4v) is 1.99. The predicted molar refractivity (Wildman–Crippen MR) is 50.8 cm³/mol. The summed E-state index contributed by atoms with van der Waals surface area (Å²) in [4.78, 5) is 5.38. The molecule has 1 aromatic rings. The molecule has 0 spiro atoms. The number of hydrogen-bond donors (Lipinski definition) is 2. The fraction of sp³-hybridized carbons (Fsp3) is 0.375. The molecule has 0 aromatic carbocycles. The van der Waals surface area contributed by atoms with Crippen molar-refractivity contribution in [3.05, 3.63) is 29.3 Å². The van der Waals surface area contributed by atoms with E-state index in [1.165, 1.54) is 11.8 Å². The predicted octanol–water partition coefficient (Wildman–Crippen LogP) is 2.41. The van der Waals surface area contributed by atoms with Crippen LogP contribution in [0.2, 0.25) is 0 Å². The van der Waals surface area contributed by atoms with Gasteiger partial charge in [0.25, 0.3) is 0 Å². The van der Waals surface area contributed by atoms with Gasteiger partial charge in [-0.3, -0.25) is 0 Å². The van der Waals surface area contributed by atoms with Gasteiger partial charge in [0.2, 0.25) is 0 Å². The molecule has 0 bridgehead atoms. The molecule has 1 aromatic heterocycles. The third-order valence-electron chi connectivity index (χ3n) is 2.06. The number of nitrogens with one attached hydrogen (secondary N) is 2. The molecule has 2 heterocycles. The van der Waals surface area contributed by atoms with Crippen molar-refractivity contribution in [3.63, 3.8) is 0 Å². The van der Waals surface area contributed by atoms with Gasteiger partial charge in [0.15, 0.2) is 0 Å². The third-order valence-corrected chi connectivity index (χ3v) is 3.12. The average Bonchev–Trinajstić information content (AvgIpc) is 2.69. The molecule has 0 radical (unpaired) electrons. The summed E-state index contributed by atoms with van der Waals surface area (Å²) in [6.07, 6.45) is -1.89. The van der Waals surface area contributed by atoms with Crippen LogP contribution >= 0.6 is 11.8 Å². The van der Waals surface area contributed by atoms with E-state index in [1.807, 2.05) is 0 Å². The highest BCUT2D eigenvalue weighted by Gasteiger charge is 2.37. The summed E-state index contributed by atoms with van der Waals surface area (Å²) >= 11 is 1.37. The lowest BCUT2D eigenvalue weighted by molar-refractivity contribution is -0.141. The molecule has 0 saturated heterocycles. The first kappa shape index (κ1) is 10.4. The Balaban J connectivity index is 2.28. The van der Waals surface area contributed by atoms with Crippen molar-refractivity contribution in [3.8, 4) is 0 Å². The van der Waals surface area contributed by atoms with Crippen molar-refractivity contribution < 1.29 is 13.2 Å². The summed E-state index contributed by atoms with van der Waals surface area (Å²) < 4.78 is 36.9. The van der Waals surface area contributed by atoms with Gasteiger partial charge in [0.1, 0.15) is 16.4 Å². The Bertz CT molecular complexity index is 388. The summed E-state index contributed by atoms with van der Waals surface area (Å²) in [5.74, 6) is 0.268. The number of thioether (sulfide) groups is 1. The Hall–Kier alpha value is -1.11. The van der Waals surface area contributed by atoms with E-state index in [0.717, 1.165) is 6.20 Å². The van der Waals surface area contributed by atoms with Crippen LogP contribution in [0.25, 0.3) is 0 Å². The van der Waals surface area contributed by atoms with Crippen molar-refractivity contribution in [2.45, 2.75) is 18.0 Å². The number of imidazole rings is 1. The number of aromatic nitrogens is 2. The maximum Gasteiger partial charge on any atom is 0.432 e. The first-order chi connectivity index (χ1) is 6.92. The summed E-state index contributed by atoms with van der Waals surface area (Å²) in [5.41, 5.74) is -0.826. The minimum atomic E-state index is -4.38. The van der Waals surface area contributed by atoms with Crippen LogP contribution < -0.4 is 5.32 Å². The van der Waals surface area contributed by atoms with Gasteiger partial charge in [-0.05, 0) is 12.3 Å². The molecule has 1 atom stereocenters. The topological polar surface area (TPSA) is 40.7 Å². The Morgan fingerprint density at radius 3 is 2.67 bits per heavy atom. The molecule has 0 aliphatic carbocycles. The lowest BCUT2D eigenvalue weighted by Gasteiger charge is -2.20. The molecule has 82 valence electrons. The molecular weight excluding hydrogens is 227 g/mol. The van der Waals surface area contributed by atoms with E-state index in [9.17, 15) is 13.2 Å². The second kappa shape index (κ2) is 3.19. The number of rotatable bonds is 1. The smallest absolute Gasteiger partial charge is 0.370 e. The van der Waals surface area contributed by atoms with Gasteiger partial charge >= 0.3 is 6.18 Å². The highest BCUT2D eigenvalue weighted by molar-refractivity contribution is 8.03. The number of halogens is 3. The van der Waals surface area contributed by atoms with Crippen LogP contribution in [0.1, 0.15) is 18.4 Å². The van der Waals surface area contributed by atoms with Crippen molar-refractivity contribution in [1.29, 1.82) is 0 Å². The summed E-state index contributed by atoms with van der Waals surface area (Å²) in [6.45, 7) is 1.76. The summed E-state index contributed by atoms with van der Waals surface area (Å²) in [6, 6.07) is 0. The van der Waals surface area contributed by atoms with E-state index in [4.69, 9.17) is 0 Å². The molecule has 7 heteroatoms. The molecule has 1 aliphatic heterocycles. The zero-order chi connectivity index (χ0) is 11.1. The minimum absolute atomic E-state index is 0.268. The average molecular weight is 235 g/mol. The van der Waals surface area contributed by atoms with Crippen molar-refractivity contribution in [2.75, 3.05) is 0 Å². The largest absolute Gasteiger partial charge is 0.432 e. The van der Waals surface area contributed by atoms with Gasteiger partial charge < -0.3 is 10.3 Å². The number of hydrogen-bond acceptors (Lipinski definition) is 3. The van der Waals surface area contributed by atoms with Crippen LogP contribution in [0.4, 0.5) is 13.2 Å². The van der Waals surface area contributed by atoms with E-state index < -0.39 is 16.7 Å². The van der Waals surface area contributed by atoms with Gasteiger partial charge in [0.05, 0.1) is 6.20 Å². The first-order valence-corrected chi connectivity index (χ1v) is 5.03. The van der Waals surface area contributed by atoms with Crippen LogP contribution in [0.5, 0.6) is 0 Å². The number of aromatic amines is 1. The van der Waals surface area contributed by atoms with Gasteiger partial charge in [-0.1, -0.05) is 11.8 Å². The third kappa shape index (κ3) is 1.83. The van der Waals surface area contributed by atoms with E-state index in [2.05, 4.69) is 15.3 Å². The van der Waals surface area contributed by atoms with Crippen LogP contribution in [0, 0.1) is 0 Å². The molecule has 15 heavy (non-hydrogen) atoms. The fourth-order valence-electron chi connectivity index (χ4n) is 1.23. The molecule has 2 rings (SSSR count). The Labute approximate surface area is 88.2 Å². The number of nitrogens with zero attached hydrogens (tertiary/aromatic N) is 1. The van der Waals surface area contributed by atoms with Crippen molar-refractivity contribution in [2.24, 2.45) is 0 Å². The van der Waals surface area contributed by atoms with Crippen LogP contribution in [-0.2, 0) is 11.0 Å². The zero-order valence-corrected chi connectivity index (χ0v) is 8.54. The van der Waals surface area contributed by atoms with Gasteiger partial charge in [-0.2, -0.15) is 13.2 Å². The van der Waals surface area contributed by atoms with Crippen LogP contribution in [-0.4, -0.2) is 9.97 Å². The zero-order valence-electron chi connectivity index (χ0n) is 7.72. The molecule has 0 saturated carbocycles. The lowest BCUT2D eigenvalue weighted by Crippen LogP contribution is -2.30. The Kier molecular flexibility index (Phi) is 2.22. The second-order valence-electron chi connectivity index (χ2n) is 3.24. The quantitative estimate of drug-likeness (QED) is 0.785. The highest BCUT2D eigenvalue weighted by Crippen LogP contribution is 2.37. The van der Waals surface area contributed by atoms with Crippen LogP contribution in [0.15, 0.2) is 17.8 Å². The first-order valence-electron chi connectivity index (χ1n) is 4.15. The standard InChI is InChI=1S/C8H8F3N3S/c1-7(13-2-3-15-7)6-12-4-5(14-6)8(9,10)11/h2-4,13H,1H3,(H,12,14). The number of H-pyrrole nitrogens is 1. The monoisotopic (exact) mass is 235 g/mol. The summed E-state index contributed by atoms with van der Waals surface area (Å²) in [7, 11) is 0. The Morgan fingerprint density at radius 2 is 2.20 bits per heavy atom. The van der Waals surface area contributed by atoms with Crippen molar-refractivity contribution in [1.82, 2.24) is 15.3 Å². The molecule has 1 unspecified atom stereocenters. The van der Waals surface area contributed by atoms with Gasteiger partial charge in [-0.15, -0.1) is 0 Å².